The molecule has 32 heavy (non-hydrogen) atoms. The number of nitrogens with one attached hydrogen (secondary N) is 2. The van der Waals surface area contributed by atoms with Crippen LogP contribution in [0.2, 0.25) is 0 Å². The smallest absolute Gasteiger partial charge is 0.338 e. The highest BCUT2D eigenvalue weighted by Crippen LogP contribution is 2.17. The molecule has 1 aliphatic rings. The van der Waals surface area contributed by atoms with Crippen molar-refractivity contribution in [2.45, 2.75) is 30.6 Å². The van der Waals surface area contributed by atoms with Crippen LogP contribution in [0.5, 0.6) is 5.75 Å². The highest BCUT2D eigenvalue weighted by Gasteiger charge is 2.18. The van der Waals surface area contributed by atoms with E-state index in [2.05, 4.69) is 15.0 Å². The topological polar surface area (TPSA) is 123 Å². The Labute approximate surface area is 186 Å². The molecule has 3 rings (SSSR count). The van der Waals surface area contributed by atoms with Crippen molar-refractivity contribution in [1.29, 1.82) is 0 Å². The molecule has 0 aromatic heterocycles. The lowest BCUT2D eigenvalue weighted by molar-refractivity contribution is -0.119. The first-order valence-electron chi connectivity index (χ1n) is 10.1. The predicted octanol–water partition coefficient (Wildman–Crippen LogP) is 2.74. The fourth-order valence-electron chi connectivity index (χ4n) is 3.05. The van der Waals surface area contributed by atoms with Gasteiger partial charge in [-0.1, -0.05) is 12.5 Å². The number of hydrogen-bond donors (Lipinski definition) is 2. The van der Waals surface area contributed by atoms with Crippen molar-refractivity contribution in [2.75, 3.05) is 25.6 Å². The van der Waals surface area contributed by atoms with Crippen LogP contribution in [-0.4, -0.2) is 46.4 Å². The number of carbonyl (C=O) groups excluding carboxylic acids is 2. The average molecular weight is 460 g/mol. The summed E-state index contributed by atoms with van der Waals surface area (Å²) in [5, 5.41) is 2.53. The summed E-state index contributed by atoms with van der Waals surface area (Å²) in [5.41, 5.74) is 0.542. The first-order valence-corrected chi connectivity index (χ1v) is 11.6. The largest absolute Gasteiger partial charge is 0.497 e. The van der Waals surface area contributed by atoms with Crippen LogP contribution in [0.3, 0.4) is 0 Å². The number of aliphatic imine (C=N–C) groups is 1. The molecule has 170 valence electrons. The SMILES string of the molecule is COc1ccc(C(=O)OCC(=O)Nc2cccc(S(=O)(=O)NC3=NCCCCC3)c2)cc1. The van der Waals surface area contributed by atoms with Gasteiger partial charge >= 0.3 is 5.97 Å². The van der Waals surface area contributed by atoms with Crippen LogP contribution in [0.4, 0.5) is 5.69 Å². The lowest BCUT2D eigenvalue weighted by Crippen LogP contribution is -2.30. The van der Waals surface area contributed by atoms with E-state index in [-0.39, 0.29) is 16.1 Å². The number of nitrogens with zero attached hydrogens (tertiary/aromatic N) is 1. The minimum atomic E-state index is -3.83. The summed E-state index contributed by atoms with van der Waals surface area (Å²) in [4.78, 5) is 28.5. The molecule has 0 saturated carbocycles. The van der Waals surface area contributed by atoms with Gasteiger partial charge in [-0.2, -0.15) is 0 Å². The van der Waals surface area contributed by atoms with Gasteiger partial charge in [0.25, 0.3) is 15.9 Å². The number of hydrogen-bond acceptors (Lipinski definition) is 7. The lowest BCUT2D eigenvalue weighted by Gasteiger charge is -2.11. The van der Waals surface area contributed by atoms with Crippen LogP contribution < -0.4 is 14.8 Å². The van der Waals surface area contributed by atoms with Gasteiger partial charge in [-0.15, -0.1) is 0 Å². The third-order valence-corrected chi connectivity index (χ3v) is 6.09. The van der Waals surface area contributed by atoms with Crippen LogP contribution in [0.25, 0.3) is 0 Å². The predicted molar refractivity (Wildman–Crippen MR) is 119 cm³/mol. The van der Waals surface area contributed by atoms with Crippen molar-refractivity contribution in [3.63, 3.8) is 0 Å². The zero-order chi connectivity index (χ0) is 23.0. The average Bonchev–Trinajstić information content (AvgIpc) is 3.06. The fraction of sp³-hybridized carbons (Fsp3) is 0.318. The van der Waals surface area contributed by atoms with Crippen molar-refractivity contribution in [3.8, 4) is 5.75 Å². The van der Waals surface area contributed by atoms with Crippen LogP contribution >= 0.6 is 0 Å². The summed E-state index contributed by atoms with van der Waals surface area (Å²) in [5.74, 6) is -0.216. The Morgan fingerprint density at radius 1 is 1.06 bits per heavy atom. The lowest BCUT2D eigenvalue weighted by atomic mass is 10.2. The zero-order valence-electron chi connectivity index (χ0n) is 17.7. The van der Waals surface area contributed by atoms with Crippen molar-refractivity contribution in [3.05, 3.63) is 54.1 Å². The van der Waals surface area contributed by atoms with E-state index in [0.29, 0.717) is 24.6 Å². The molecule has 0 saturated heterocycles. The van der Waals surface area contributed by atoms with E-state index in [9.17, 15) is 18.0 Å². The number of methoxy groups -OCH3 is 1. The number of ether oxygens (including phenoxy) is 2. The molecule has 0 radical (unpaired) electrons. The molecule has 0 atom stereocenters. The quantitative estimate of drug-likeness (QED) is 0.614. The minimum Gasteiger partial charge on any atom is -0.497 e. The van der Waals surface area contributed by atoms with Gasteiger partial charge in [0.05, 0.1) is 17.6 Å². The Morgan fingerprint density at radius 3 is 2.59 bits per heavy atom. The van der Waals surface area contributed by atoms with E-state index in [1.54, 1.807) is 18.2 Å². The van der Waals surface area contributed by atoms with Gasteiger partial charge in [0.2, 0.25) is 0 Å². The Hall–Kier alpha value is -3.40. The Morgan fingerprint density at radius 2 is 1.84 bits per heavy atom. The molecule has 10 heteroatoms. The number of anilines is 1. The van der Waals surface area contributed by atoms with Gasteiger partial charge in [0.1, 0.15) is 11.6 Å². The molecule has 0 unspecified atom stereocenters. The van der Waals surface area contributed by atoms with Crippen molar-refractivity contribution < 1.29 is 27.5 Å². The molecule has 0 aliphatic carbocycles. The van der Waals surface area contributed by atoms with Gasteiger partial charge in [0, 0.05) is 18.7 Å². The van der Waals surface area contributed by atoms with Gasteiger partial charge in [-0.3, -0.25) is 14.5 Å². The minimum absolute atomic E-state index is 0.00234. The summed E-state index contributed by atoms with van der Waals surface area (Å²) >= 11 is 0. The molecule has 0 bridgehead atoms. The maximum absolute atomic E-state index is 12.7. The number of rotatable bonds is 7. The summed E-state index contributed by atoms with van der Waals surface area (Å²) in [6.45, 7) is 0.0834. The van der Waals surface area contributed by atoms with E-state index in [4.69, 9.17) is 9.47 Å². The van der Waals surface area contributed by atoms with Gasteiger partial charge in [-0.25, -0.2) is 13.2 Å². The second-order valence-electron chi connectivity index (χ2n) is 7.13. The first-order chi connectivity index (χ1) is 15.4. The third kappa shape index (κ3) is 6.55. The van der Waals surface area contributed by atoms with Crippen LogP contribution in [0.15, 0.2) is 58.4 Å². The normalized spacial score (nSPS) is 14.0. The van der Waals surface area contributed by atoms with E-state index in [0.717, 1.165) is 19.3 Å². The second kappa shape index (κ2) is 10.8. The molecule has 2 N–H and O–H groups in total. The number of sulfonamides is 1. The summed E-state index contributed by atoms with van der Waals surface area (Å²) in [7, 11) is -2.32. The Kier molecular flexibility index (Phi) is 7.82. The number of carbonyl (C=O) groups is 2. The van der Waals surface area contributed by atoms with Gasteiger partial charge in [-0.05, 0) is 55.3 Å². The van der Waals surface area contributed by atoms with E-state index in [1.807, 2.05) is 0 Å². The summed E-state index contributed by atoms with van der Waals surface area (Å²) < 4.78 is 37.9. The maximum atomic E-state index is 12.7. The van der Waals surface area contributed by atoms with E-state index >= 15 is 0 Å². The van der Waals surface area contributed by atoms with Crippen LogP contribution in [-0.2, 0) is 19.6 Å². The molecule has 2 aromatic carbocycles. The molecular weight excluding hydrogens is 434 g/mol. The van der Waals surface area contributed by atoms with Crippen molar-refractivity contribution >= 4 is 33.4 Å². The molecule has 1 amide bonds. The number of esters is 1. The number of amides is 1. The van der Waals surface area contributed by atoms with Crippen LogP contribution in [0, 0.1) is 0 Å². The molecule has 0 fully saturated rings. The Balaban J connectivity index is 1.57. The molecule has 2 aromatic rings. The second-order valence-corrected chi connectivity index (χ2v) is 8.81. The summed E-state index contributed by atoms with van der Waals surface area (Å²) in [6.07, 6.45) is 3.41. The van der Waals surface area contributed by atoms with Crippen molar-refractivity contribution in [1.82, 2.24) is 4.72 Å². The van der Waals surface area contributed by atoms with Gasteiger partial charge < -0.3 is 14.8 Å². The monoisotopic (exact) mass is 459 g/mol. The molecule has 1 heterocycles. The van der Waals surface area contributed by atoms with Gasteiger partial charge in [0.15, 0.2) is 6.61 Å². The molecule has 0 spiro atoms. The van der Waals surface area contributed by atoms with E-state index < -0.39 is 28.5 Å². The number of benzene rings is 2. The standard InChI is InChI=1S/C22H25N3O6S/c1-30-18-11-9-16(10-12-18)22(27)31-15-21(26)24-17-6-5-7-19(14-17)32(28,29)25-20-8-3-2-4-13-23-20/h5-7,9-12,14H,2-4,8,13,15H2,1H3,(H,23,25)(H,24,26). The zero-order valence-corrected chi connectivity index (χ0v) is 18.5. The highest BCUT2D eigenvalue weighted by atomic mass is 32.2. The Bertz CT molecular complexity index is 1100. The summed E-state index contributed by atoms with van der Waals surface area (Å²) in [6, 6.07) is 12.1. The third-order valence-electron chi connectivity index (χ3n) is 4.71. The fourth-order valence-corrected chi connectivity index (χ4v) is 4.19. The van der Waals surface area contributed by atoms with Crippen LogP contribution in [0.1, 0.15) is 36.0 Å². The molecular formula is C22H25N3O6S. The number of amidine groups is 1. The first kappa shape index (κ1) is 23.3. The molecule has 1 aliphatic heterocycles. The molecule has 9 nitrogen and oxygen atoms in total. The highest BCUT2D eigenvalue weighted by molar-refractivity contribution is 7.90. The van der Waals surface area contributed by atoms with Crippen molar-refractivity contribution in [2.24, 2.45) is 4.99 Å². The van der Waals surface area contributed by atoms with E-state index in [1.165, 1.54) is 37.4 Å². The maximum Gasteiger partial charge on any atom is 0.338 e.